The van der Waals surface area contributed by atoms with Crippen LogP contribution in [0.1, 0.15) is 19.8 Å². The molecule has 0 saturated carbocycles. The average molecular weight is 360 g/mol. The molecule has 5 nitrogen and oxygen atoms in total. The van der Waals surface area contributed by atoms with Crippen molar-refractivity contribution in [1.82, 2.24) is 9.97 Å². The summed E-state index contributed by atoms with van der Waals surface area (Å²) in [5.74, 6) is 1.19. The molecule has 2 heterocycles. The van der Waals surface area contributed by atoms with Crippen molar-refractivity contribution >= 4 is 17.3 Å². The van der Waals surface area contributed by atoms with Gasteiger partial charge in [-0.1, -0.05) is 37.3 Å². The summed E-state index contributed by atoms with van der Waals surface area (Å²) in [6.45, 7) is 4.54. The van der Waals surface area contributed by atoms with Gasteiger partial charge in [-0.15, -0.1) is 0 Å². The van der Waals surface area contributed by atoms with Gasteiger partial charge in [-0.2, -0.15) is 0 Å². The Morgan fingerprint density at radius 1 is 1.11 bits per heavy atom. The van der Waals surface area contributed by atoms with Crippen LogP contribution in [-0.2, 0) is 0 Å². The number of anilines is 3. The van der Waals surface area contributed by atoms with Crippen LogP contribution in [-0.4, -0.2) is 23.1 Å². The quantitative estimate of drug-likeness (QED) is 0.723. The van der Waals surface area contributed by atoms with Crippen LogP contribution in [0.15, 0.2) is 65.5 Å². The van der Waals surface area contributed by atoms with Gasteiger partial charge >= 0.3 is 0 Å². The van der Waals surface area contributed by atoms with Crippen molar-refractivity contribution in [2.75, 3.05) is 23.3 Å². The second-order valence-electron chi connectivity index (χ2n) is 7.21. The van der Waals surface area contributed by atoms with E-state index in [1.54, 1.807) is 0 Å². The van der Waals surface area contributed by atoms with Crippen LogP contribution >= 0.6 is 0 Å². The number of nitrogens with zero attached hydrogens (tertiary/aromatic N) is 2. The number of hydrogen-bond donors (Lipinski definition) is 2. The molecule has 4 rings (SSSR count). The Morgan fingerprint density at radius 3 is 2.63 bits per heavy atom. The van der Waals surface area contributed by atoms with Crippen molar-refractivity contribution in [3.8, 4) is 11.3 Å². The van der Waals surface area contributed by atoms with Gasteiger partial charge in [0.05, 0.1) is 5.69 Å². The molecule has 27 heavy (non-hydrogen) atoms. The minimum Gasteiger partial charge on any atom is -0.371 e. The number of rotatable bonds is 4. The molecule has 1 atom stereocenters. The highest BCUT2D eigenvalue weighted by molar-refractivity contribution is 5.63. The van der Waals surface area contributed by atoms with Crippen LogP contribution < -0.4 is 15.8 Å². The third-order valence-corrected chi connectivity index (χ3v) is 4.96. The summed E-state index contributed by atoms with van der Waals surface area (Å²) in [6.07, 6.45) is 2.56. The highest BCUT2D eigenvalue weighted by Gasteiger charge is 2.16. The second kappa shape index (κ2) is 7.66. The first-order chi connectivity index (χ1) is 13.2. The minimum atomic E-state index is -0.176. The second-order valence-corrected chi connectivity index (χ2v) is 7.21. The normalized spacial score (nSPS) is 16.9. The Morgan fingerprint density at radius 2 is 1.89 bits per heavy atom. The maximum Gasteiger partial charge on any atom is 0.252 e. The summed E-state index contributed by atoms with van der Waals surface area (Å²) in [7, 11) is 0. The van der Waals surface area contributed by atoms with Crippen LogP contribution in [0.25, 0.3) is 11.3 Å². The Balaban J connectivity index is 1.52. The molecule has 3 aromatic rings. The Hall–Kier alpha value is -3.08. The highest BCUT2D eigenvalue weighted by atomic mass is 16.1. The first-order valence-electron chi connectivity index (χ1n) is 9.46. The fraction of sp³-hybridized carbons (Fsp3) is 0.273. The highest BCUT2D eigenvalue weighted by Crippen LogP contribution is 2.25. The van der Waals surface area contributed by atoms with E-state index in [9.17, 15) is 4.79 Å². The topological polar surface area (TPSA) is 61.0 Å². The molecule has 2 N–H and O–H groups in total. The minimum absolute atomic E-state index is 0.176. The molecule has 0 bridgehead atoms. The van der Waals surface area contributed by atoms with Crippen molar-refractivity contribution in [3.63, 3.8) is 0 Å². The first kappa shape index (κ1) is 17.3. The lowest BCUT2D eigenvalue weighted by atomic mass is 10.00. The molecule has 0 spiro atoms. The van der Waals surface area contributed by atoms with Crippen LogP contribution in [0.5, 0.6) is 0 Å². The zero-order valence-corrected chi connectivity index (χ0v) is 15.5. The molecule has 0 amide bonds. The summed E-state index contributed by atoms with van der Waals surface area (Å²) < 4.78 is 0. The van der Waals surface area contributed by atoms with Gasteiger partial charge in [-0.25, -0.2) is 4.98 Å². The SMILES string of the molecule is CC1CCCN(c2ccc(Nc3nc(-c4ccccc4)cc(=O)[nH]3)cc2)C1. The third kappa shape index (κ3) is 4.19. The van der Waals surface area contributed by atoms with Crippen molar-refractivity contribution in [2.24, 2.45) is 5.92 Å². The molecule has 2 aromatic carbocycles. The lowest BCUT2D eigenvalue weighted by molar-refractivity contribution is 0.447. The van der Waals surface area contributed by atoms with E-state index in [2.05, 4.69) is 39.2 Å². The van der Waals surface area contributed by atoms with Gasteiger partial charge < -0.3 is 10.2 Å². The lowest BCUT2D eigenvalue weighted by Gasteiger charge is -2.32. The van der Waals surface area contributed by atoms with E-state index >= 15 is 0 Å². The molecular formula is C22H24N4O. The summed E-state index contributed by atoms with van der Waals surface area (Å²) in [5.41, 5.74) is 3.54. The van der Waals surface area contributed by atoms with E-state index in [0.29, 0.717) is 11.6 Å². The van der Waals surface area contributed by atoms with Crippen LogP contribution in [0, 0.1) is 5.92 Å². The van der Waals surface area contributed by atoms with Crippen LogP contribution in [0.2, 0.25) is 0 Å². The lowest BCUT2D eigenvalue weighted by Crippen LogP contribution is -2.34. The molecule has 1 saturated heterocycles. The van der Waals surface area contributed by atoms with Gasteiger partial charge in [-0.3, -0.25) is 9.78 Å². The molecule has 138 valence electrons. The largest absolute Gasteiger partial charge is 0.371 e. The molecule has 1 fully saturated rings. The van der Waals surface area contributed by atoms with Gasteiger partial charge in [0, 0.05) is 36.1 Å². The molecule has 0 aliphatic carbocycles. The molecule has 0 radical (unpaired) electrons. The van der Waals surface area contributed by atoms with Crippen molar-refractivity contribution in [1.29, 1.82) is 0 Å². The third-order valence-electron chi connectivity index (χ3n) is 4.96. The van der Waals surface area contributed by atoms with Crippen molar-refractivity contribution in [2.45, 2.75) is 19.8 Å². The molecule has 5 heteroatoms. The first-order valence-corrected chi connectivity index (χ1v) is 9.46. The predicted molar refractivity (Wildman–Crippen MR) is 111 cm³/mol. The maximum absolute atomic E-state index is 12.0. The van der Waals surface area contributed by atoms with E-state index in [1.807, 2.05) is 42.5 Å². The molecule has 1 aliphatic rings. The molecule has 1 unspecified atom stereocenters. The number of benzene rings is 2. The fourth-order valence-corrected chi connectivity index (χ4v) is 3.59. The summed E-state index contributed by atoms with van der Waals surface area (Å²) >= 11 is 0. The number of piperidine rings is 1. The summed E-state index contributed by atoms with van der Waals surface area (Å²) in [5, 5.41) is 3.21. The van der Waals surface area contributed by atoms with E-state index < -0.39 is 0 Å². The van der Waals surface area contributed by atoms with Gasteiger partial charge in [0.15, 0.2) is 0 Å². The number of nitrogens with one attached hydrogen (secondary N) is 2. The molecule has 1 aliphatic heterocycles. The molecular weight excluding hydrogens is 336 g/mol. The smallest absolute Gasteiger partial charge is 0.252 e. The van der Waals surface area contributed by atoms with Gasteiger partial charge in [-0.05, 0) is 43.0 Å². The maximum atomic E-state index is 12.0. The number of aromatic amines is 1. The summed E-state index contributed by atoms with van der Waals surface area (Å²) in [4.78, 5) is 21.8. The van der Waals surface area contributed by atoms with Gasteiger partial charge in [0.1, 0.15) is 0 Å². The van der Waals surface area contributed by atoms with E-state index in [0.717, 1.165) is 30.3 Å². The number of aromatic nitrogens is 2. The van der Waals surface area contributed by atoms with Crippen LogP contribution in [0.3, 0.4) is 0 Å². The van der Waals surface area contributed by atoms with Gasteiger partial charge in [0.2, 0.25) is 5.95 Å². The average Bonchev–Trinajstić information content (AvgIpc) is 2.69. The van der Waals surface area contributed by atoms with Crippen molar-refractivity contribution in [3.05, 3.63) is 71.0 Å². The van der Waals surface area contributed by atoms with E-state index in [-0.39, 0.29) is 5.56 Å². The molecule has 1 aromatic heterocycles. The Labute approximate surface area is 159 Å². The predicted octanol–water partition coefficient (Wildman–Crippen LogP) is 4.42. The van der Waals surface area contributed by atoms with Gasteiger partial charge in [0.25, 0.3) is 5.56 Å². The standard InChI is InChI=1S/C22H24N4O/c1-16-6-5-13-26(15-16)19-11-9-18(10-12-19)23-22-24-20(14-21(27)25-22)17-7-3-2-4-8-17/h2-4,7-12,14,16H,5-6,13,15H2,1H3,(H2,23,24,25,27). The number of hydrogen-bond acceptors (Lipinski definition) is 4. The monoisotopic (exact) mass is 360 g/mol. The zero-order chi connectivity index (χ0) is 18.6. The fourth-order valence-electron chi connectivity index (χ4n) is 3.59. The van der Waals surface area contributed by atoms with Crippen LogP contribution in [0.4, 0.5) is 17.3 Å². The Kier molecular flexibility index (Phi) is 4.92. The number of H-pyrrole nitrogens is 1. The zero-order valence-electron chi connectivity index (χ0n) is 15.5. The van der Waals surface area contributed by atoms with Crippen molar-refractivity contribution < 1.29 is 0 Å². The Bertz CT molecular complexity index is 950. The van der Waals surface area contributed by atoms with E-state index in [1.165, 1.54) is 24.6 Å². The van der Waals surface area contributed by atoms with E-state index in [4.69, 9.17) is 0 Å². The summed E-state index contributed by atoms with van der Waals surface area (Å²) in [6, 6.07) is 19.5.